The summed E-state index contributed by atoms with van der Waals surface area (Å²) in [6.45, 7) is 1.93. The lowest BCUT2D eigenvalue weighted by Gasteiger charge is -2.08. The minimum absolute atomic E-state index is 0.113. The van der Waals surface area contributed by atoms with E-state index >= 15 is 0 Å². The molecule has 4 rings (SSSR count). The van der Waals surface area contributed by atoms with Gasteiger partial charge in [0, 0.05) is 10.6 Å². The molecule has 0 amide bonds. The van der Waals surface area contributed by atoms with Gasteiger partial charge in [0.2, 0.25) is 11.1 Å². The molecule has 0 aliphatic carbocycles. The average molecular weight is 337 g/mol. The van der Waals surface area contributed by atoms with Crippen molar-refractivity contribution >= 4 is 39.5 Å². The first kappa shape index (κ1) is 14.7. The zero-order chi connectivity index (χ0) is 16.8. The second-order valence-corrected chi connectivity index (χ2v) is 6.15. The van der Waals surface area contributed by atoms with Gasteiger partial charge in [-0.15, -0.1) is 0 Å². The lowest BCUT2D eigenvalue weighted by molar-refractivity contribution is 0.645. The number of hydrogen-bond donors (Lipinski definition) is 1. The highest BCUT2D eigenvalue weighted by Gasteiger charge is 2.13. The fraction of sp³-hybridized carbons (Fsp3) is 0.0526. The minimum Gasteiger partial charge on any atom is -0.437 e. The van der Waals surface area contributed by atoms with Crippen molar-refractivity contribution in [2.24, 2.45) is 0 Å². The standard InChI is InChI=1S/C19H13ClN2O2/c1-10-2-7-16-14(8-10)17(23)15-9-13(18(21)22-19(15)24-16)11-3-5-12(20)6-4-11/h2-9H,1H3,(H2,21,22). The van der Waals surface area contributed by atoms with Crippen molar-refractivity contribution in [1.29, 1.82) is 0 Å². The van der Waals surface area contributed by atoms with Crippen molar-refractivity contribution in [3.05, 3.63) is 69.3 Å². The molecule has 0 radical (unpaired) electrons. The Morgan fingerprint density at radius 1 is 1.04 bits per heavy atom. The van der Waals surface area contributed by atoms with Crippen LogP contribution in [0.15, 0.2) is 57.7 Å². The number of rotatable bonds is 1. The molecule has 0 saturated carbocycles. The molecule has 2 aromatic carbocycles. The summed E-state index contributed by atoms with van der Waals surface area (Å²) >= 11 is 5.93. The van der Waals surface area contributed by atoms with Crippen LogP contribution in [0.4, 0.5) is 5.82 Å². The van der Waals surface area contributed by atoms with Crippen LogP contribution in [-0.4, -0.2) is 4.98 Å². The molecule has 0 fully saturated rings. The molecule has 24 heavy (non-hydrogen) atoms. The Kier molecular flexibility index (Phi) is 3.28. The Hall–Kier alpha value is -2.85. The molecule has 0 bridgehead atoms. The third-order valence-electron chi connectivity index (χ3n) is 4.00. The van der Waals surface area contributed by atoms with Gasteiger partial charge in [0.1, 0.15) is 11.4 Å². The first-order valence-corrected chi connectivity index (χ1v) is 7.80. The van der Waals surface area contributed by atoms with Crippen LogP contribution in [0.1, 0.15) is 5.56 Å². The van der Waals surface area contributed by atoms with Crippen molar-refractivity contribution in [3.8, 4) is 11.1 Å². The van der Waals surface area contributed by atoms with Crippen molar-refractivity contribution in [2.45, 2.75) is 6.92 Å². The predicted molar refractivity (Wildman–Crippen MR) is 97.4 cm³/mol. The van der Waals surface area contributed by atoms with Gasteiger partial charge in [0.25, 0.3) is 0 Å². The monoisotopic (exact) mass is 336 g/mol. The highest BCUT2D eigenvalue weighted by molar-refractivity contribution is 6.30. The van der Waals surface area contributed by atoms with Gasteiger partial charge in [-0.2, -0.15) is 4.98 Å². The number of fused-ring (bicyclic) bond motifs is 2. The van der Waals surface area contributed by atoms with Gasteiger partial charge >= 0.3 is 0 Å². The van der Waals surface area contributed by atoms with Gasteiger partial charge in [0.05, 0.1) is 10.8 Å². The molecule has 0 unspecified atom stereocenters. The van der Waals surface area contributed by atoms with E-state index < -0.39 is 0 Å². The number of anilines is 1. The topological polar surface area (TPSA) is 69.1 Å². The van der Waals surface area contributed by atoms with E-state index in [1.54, 1.807) is 24.3 Å². The molecule has 0 aliphatic heterocycles. The lowest BCUT2D eigenvalue weighted by atomic mass is 10.0. The summed E-state index contributed by atoms with van der Waals surface area (Å²) in [6.07, 6.45) is 0. The van der Waals surface area contributed by atoms with Crippen molar-refractivity contribution in [2.75, 3.05) is 5.73 Å². The molecule has 0 spiro atoms. The summed E-state index contributed by atoms with van der Waals surface area (Å²) in [4.78, 5) is 17.1. The summed E-state index contributed by atoms with van der Waals surface area (Å²) in [5.74, 6) is 0.305. The van der Waals surface area contributed by atoms with Gasteiger partial charge in [-0.1, -0.05) is 35.4 Å². The smallest absolute Gasteiger partial charge is 0.232 e. The summed E-state index contributed by atoms with van der Waals surface area (Å²) in [7, 11) is 0. The zero-order valence-electron chi connectivity index (χ0n) is 12.8. The number of pyridine rings is 1. The third kappa shape index (κ3) is 2.32. The number of nitrogens with zero attached hydrogens (tertiary/aromatic N) is 1. The summed E-state index contributed by atoms with van der Waals surface area (Å²) < 4.78 is 5.76. The number of nitrogen functional groups attached to an aromatic ring is 1. The normalized spacial score (nSPS) is 11.2. The minimum atomic E-state index is -0.113. The van der Waals surface area contributed by atoms with Gasteiger partial charge in [0.15, 0.2) is 0 Å². The van der Waals surface area contributed by atoms with Crippen LogP contribution < -0.4 is 11.2 Å². The van der Waals surface area contributed by atoms with Crippen LogP contribution in [0.5, 0.6) is 0 Å². The third-order valence-corrected chi connectivity index (χ3v) is 4.26. The Balaban J connectivity index is 2.06. The molecule has 5 heteroatoms. The molecule has 0 aliphatic rings. The Labute approximate surface area is 142 Å². The van der Waals surface area contributed by atoms with Crippen molar-refractivity contribution in [3.63, 3.8) is 0 Å². The molecule has 0 saturated heterocycles. The van der Waals surface area contributed by atoms with Gasteiger partial charge < -0.3 is 10.2 Å². The van der Waals surface area contributed by atoms with Crippen LogP contribution in [0.2, 0.25) is 5.02 Å². The van der Waals surface area contributed by atoms with E-state index in [4.69, 9.17) is 21.8 Å². The number of benzene rings is 2. The Morgan fingerprint density at radius 2 is 1.79 bits per heavy atom. The number of aromatic nitrogens is 1. The second-order valence-electron chi connectivity index (χ2n) is 5.71. The second kappa shape index (κ2) is 5.35. The number of halogens is 1. The largest absolute Gasteiger partial charge is 0.437 e. The highest BCUT2D eigenvalue weighted by atomic mass is 35.5. The summed E-state index contributed by atoms with van der Waals surface area (Å²) in [6, 6.07) is 14.4. The van der Waals surface area contributed by atoms with Gasteiger partial charge in [-0.25, -0.2) is 0 Å². The lowest BCUT2D eigenvalue weighted by Crippen LogP contribution is -2.05. The molecule has 2 N–H and O–H groups in total. The summed E-state index contributed by atoms with van der Waals surface area (Å²) in [5.41, 5.74) is 9.22. The average Bonchev–Trinajstić information content (AvgIpc) is 2.56. The van der Waals surface area contributed by atoms with E-state index in [0.29, 0.717) is 32.8 Å². The SMILES string of the molecule is Cc1ccc2oc3nc(N)c(-c4ccc(Cl)cc4)cc3c(=O)c2c1. The quantitative estimate of drug-likeness (QED) is 0.518. The fourth-order valence-corrected chi connectivity index (χ4v) is 2.90. The number of aryl methyl sites for hydroxylation is 1. The molecule has 2 aromatic heterocycles. The molecule has 4 aromatic rings. The van der Waals surface area contributed by atoms with Crippen LogP contribution >= 0.6 is 11.6 Å². The van der Waals surface area contributed by atoms with E-state index in [2.05, 4.69) is 4.98 Å². The first-order valence-electron chi connectivity index (χ1n) is 7.42. The Morgan fingerprint density at radius 3 is 2.54 bits per heavy atom. The molecular weight excluding hydrogens is 324 g/mol. The molecule has 2 heterocycles. The zero-order valence-corrected chi connectivity index (χ0v) is 13.6. The number of hydrogen-bond acceptors (Lipinski definition) is 4. The fourth-order valence-electron chi connectivity index (χ4n) is 2.77. The van der Waals surface area contributed by atoms with E-state index in [0.717, 1.165) is 11.1 Å². The van der Waals surface area contributed by atoms with E-state index in [1.165, 1.54) is 0 Å². The van der Waals surface area contributed by atoms with E-state index in [-0.39, 0.29) is 11.1 Å². The maximum absolute atomic E-state index is 12.8. The molecule has 4 nitrogen and oxygen atoms in total. The summed E-state index contributed by atoms with van der Waals surface area (Å²) in [5, 5.41) is 1.58. The van der Waals surface area contributed by atoms with Gasteiger partial charge in [-0.3, -0.25) is 4.79 Å². The van der Waals surface area contributed by atoms with Gasteiger partial charge in [-0.05, 0) is 42.8 Å². The molecular formula is C19H13ClN2O2. The number of nitrogens with two attached hydrogens (primary N) is 1. The predicted octanol–water partition coefficient (Wildman–Crippen LogP) is 4.55. The van der Waals surface area contributed by atoms with Crippen LogP contribution in [0, 0.1) is 6.92 Å². The maximum atomic E-state index is 12.8. The molecule has 118 valence electrons. The van der Waals surface area contributed by atoms with Crippen molar-refractivity contribution in [1.82, 2.24) is 4.98 Å². The molecule has 0 atom stereocenters. The highest BCUT2D eigenvalue weighted by Crippen LogP contribution is 2.29. The van der Waals surface area contributed by atoms with Crippen LogP contribution in [-0.2, 0) is 0 Å². The Bertz CT molecular complexity index is 1150. The van der Waals surface area contributed by atoms with Crippen molar-refractivity contribution < 1.29 is 4.42 Å². The van der Waals surface area contributed by atoms with E-state index in [1.807, 2.05) is 31.2 Å². The first-order chi connectivity index (χ1) is 11.5. The van der Waals surface area contributed by atoms with Crippen LogP contribution in [0.3, 0.4) is 0 Å². The van der Waals surface area contributed by atoms with E-state index in [9.17, 15) is 4.79 Å². The maximum Gasteiger partial charge on any atom is 0.232 e. The van der Waals surface area contributed by atoms with Crippen LogP contribution in [0.25, 0.3) is 33.2 Å².